The molecule has 2 aromatic carbocycles. The zero-order valence-electron chi connectivity index (χ0n) is 14.2. The summed E-state index contributed by atoms with van der Waals surface area (Å²) in [4.78, 5) is 11.7. The van der Waals surface area contributed by atoms with Gasteiger partial charge in [0.1, 0.15) is 6.29 Å². The molecule has 6 heteroatoms. The summed E-state index contributed by atoms with van der Waals surface area (Å²) in [7, 11) is -3.68. The summed E-state index contributed by atoms with van der Waals surface area (Å²) in [6.45, 7) is 0. The second kappa shape index (κ2) is 6.80. The van der Waals surface area contributed by atoms with Crippen LogP contribution in [0.1, 0.15) is 25.7 Å². The van der Waals surface area contributed by atoms with Gasteiger partial charge in [0.2, 0.25) is 10.0 Å². The third-order valence-electron chi connectivity index (χ3n) is 5.58. The van der Waals surface area contributed by atoms with E-state index in [1.807, 2.05) is 12.1 Å². The summed E-state index contributed by atoms with van der Waals surface area (Å²) in [6, 6.07) is 13.7. The van der Waals surface area contributed by atoms with Crippen molar-refractivity contribution in [2.45, 2.75) is 42.7 Å². The topological polar surface area (TPSA) is 54.5 Å². The van der Waals surface area contributed by atoms with Crippen LogP contribution in [0.4, 0.5) is 0 Å². The Kier molecular flexibility index (Phi) is 4.63. The van der Waals surface area contributed by atoms with Crippen molar-refractivity contribution in [2.24, 2.45) is 5.92 Å². The Balaban J connectivity index is 1.65. The monoisotopic (exact) mass is 389 g/mol. The van der Waals surface area contributed by atoms with Crippen molar-refractivity contribution in [1.82, 2.24) is 4.31 Å². The fourth-order valence-electron chi connectivity index (χ4n) is 4.34. The molecule has 3 atom stereocenters. The molecule has 136 valence electrons. The van der Waals surface area contributed by atoms with Gasteiger partial charge in [0.15, 0.2) is 0 Å². The summed E-state index contributed by atoms with van der Waals surface area (Å²) < 4.78 is 27.8. The largest absolute Gasteiger partial charge is 0.302 e. The minimum Gasteiger partial charge on any atom is -0.302 e. The Labute approximate surface area is 158 Å². The van der Waals surface area contributed by atoms with Crippen molar-refractivity contribution in [2.75, 3.05) is 0 Å². The summed E-state index contributed by atoms with van der Waals surface area (Å²) in [5.41, 5.74) is 1.90. The van der Waals surface area contributed by atoms with Gasteiger partial charge >= 0.3 is 0 Å². The highest BCUT2D eigenvalue weighted by Gasteiger charge is 2.49. The molecule has 4 rings (SSSR count). The fraction of sp³-hybridized carbons (Fsp3) is 0.350. The first-order valence-electron chi connectivity index (χ1n) is 8.85. The van der Waals surface area contributed by atoms with Crippen LogP contribution in [0.2, 0.25) is 5.02 Å². The van der Waals surface area contributed by atoms with Gasteiger partial charge in [-0.1, -0.05) is 42.3 Å². The summed E-state index contributed by atoms with van der Waals surface area (Å²) >= 11 is 5.92. The lowest BCUT2D eigenvalue weighted by Gasteiger charge is -2.26. The van der Waals surface area contributed by atoms with Crippen molar-refractivity contribution in [3.8, 4) is 11.1 Å². The van der Waals surface area contributed by atoms with Gasteiger partial charge in [-0.3, -0.25) is 0 Å². The standard InChI is InChI=1S/C20H20ClNO3S/c21-17-8-4-14(5-9-17)15-6-10-19(11-7-15)26(24,25)22-18(13-23)12-16-2-1-3-20(16)22/h4-11,13,16,18,20H,1-3,12H2/t16-,18-,20-/m1/s1. The van der Waals surface area contributed by atoms with E-state index in [1.165, 1.54) is 4.31 Å². The van der Waals surface area contributed by atoms with Gasteiger partial charge in [-0.2, -0.15) is 4.31 Å². The molecule has 1 saturated heterocycles. The van der Waals surface area contributed by atoms with Crippen LogP contribution in [0.5, 0.6) is 0 Å². The number of aldehydes is 1. The number of rotatable bonds is 4. The maximum absolute atomic E-state index is 13.2. The number of halogens is 1. The van der Waals surface area contributed by atoms with Gasteiger partial charge < -0.3 is 4.79 Å². The van der Waals surface area contributed by atoms with Crippen LogP contribution in [-0.2, 0) is 14.8 Å². The predicted octanol–water partition coefficient (Wildman–Crippen LogP) is 4.14. The lowest BCUT2D eigenvalue weighted by Crippen LogP contribution is -2.41. The van der Waals surface area contributed by atoms with Crippen molar-refractivity contribution in [1.29, 1.82) is 0 Å². The Bertz CT molecular complexity index is 909. The molecule has 0 bridgehead atoms. The SMILES string of the molecule is O=C[C@H]1C[C@H]2CCC[C@H]2N1S(=O)(=O)c1ccc(-c2ccc(Cl)cc2)cc1. The zero-order chi connectivity index (χ0) is 18.3. The first kappa shape index (κ1) is 17.7. The van der Waals surface area contributed by atoms with Crippen LogP contribution in [-0.4, -0.2) is 31.1 Å². The van der Waals surface area contributed by atoms with E-state index in [-0.39, 0.29) is 10.9 Å². The van der Waals surface area contributed by atoms with Gasteiger partial charge in [0, 0.05) is 11.1 Å². The zero-order valence-corrected chi connectivity index (χ0v) is 15.8. The summed E-state index contributed by atoms with van der Waals surface area (Å²) in [5.74, 6) is 0.313. The molecule has 0 amide bonds. The fourth-order valence-corrected chi connectivity index (χ4v) is 6.32. The summed E-state index contributed by atoms with van der Waals surface area (Å²) in [6.07, 6.45) is 4.32. The lowest BCUT2D eigenvalue weighted by molar-refractivity contribution is -0.110. The van der Waals surface area contributed by atoms with Crippen molar-refractivity contribution < 1.29 is 13.2 Å². The van der Waals surface area contributed by atoms with E-state index >= 15 is 0 Å². The van der Waals surface area contributed by atoms with Crippen LogP contribution in [0.15, 0.2) is 53.4 Å². The van der Waals surface area contributed by atoms with E-state index in [9.17, 15) is 13.2 Å². The highest BCUT2D eigenvalue weighted by Crippen LogP contribution is 2.43. The number of nitrogens with zero attached hydrogens (tertiary/aromatic N) is 1. The molecule has 2 aromatic rings. The van der Waals surface area contributed by atoms with Crippen molar-refractivity contribution in [3.05, 3.63) is 53.6 Å². The maximum atomic E-state index is 13.2. The van der Waals surface area contributed by atoms with Gasteiger partial charge in [0.25, 0.3) is 0 Å². The van der Waals surface area contributed by atoms with Gasteiger partial charge in [-0.05, 0) is 60.6 Å². The molecule has 1 aliphatic carbocycles. The molecule has 1 saturated carbocycles. The number of hydrogen-bond donors (Lipinski definition) is 0. The molecule has 0 unspecified atom stereocenters. The molecule has 1 heterocycles. The molecule has 2 fully saturated rings. The minimum atomic E-state index is -3.68. The number of carbonyl (C=O) groups excluding carboxylic acids is 1. The second-order valence-corrected chi connectivity index (χ2v) is 9.34. The van der Waals surface area contributed by atoms with E-state index in [1.54, 1.807) is 36.4 Å². The molecule has 4 nitrogen and oxygen atoms in total. The lowest BCUT2D eigenvalue weighted by atomic mass is 10.0. The number of fused-ring (bicyclic) bond motifs is 1. The quantitative estimate of drug-likeness (QED) is 0.738. The predicted molar refractivity (Wildman–Crippen MR) is 102 cm³/mol. The smallest absolute Gasteiger partial charge is 0.243 e. The highest BCUT2D eigenvalue weighted by molar-refractivity contribution is 7.89. The van der Waals surface area contributed by atoms with E-state index in [0.717, 1.165) is 36.7 Å². The third-order valence-corrected chi connectivity index (χ3v) is 7.80. The molecule has 0 aromatic heterocycles. The highest BCUT2D eigenvalue weighted by atomic mass is 35.5. The minimum absolute atomic E-state index is 0.0360. The summed E-state index contributed by atoms with van der Waals surface area (Å²) in [5, 5.41) is 0.660. The molecule has 26 heavy (non-hydrogen) atoms. The average molecular weight is 390 g/mol. The Morgan fingerprint density at radius 1 is 0.962 bits per heavy atom. The first-order chi connectivity index (χ1) is 12.5. The third kappa shape index (κ3) is 2.98. The average Bonchev–Trinajstić information content (AvgIpc) is 3.23. The molecule has 0 spiro atoms. The van der Waals surface area contributed by atoms with Crippen LogP contribution in [0.25, 0.3) is 11.1 Å². The van der Waals surface area contributed by atoms with Crippen LogP contribution < -0.4 is 0 Å². The molecular weight excluding hydrogens is 370 g/mol. The van der Waals surface area contributed by atoms with Crippen LogP contribution in [0, 0.1) is 5.92 Å². The van der Waals surface area contributed by atoms with E-state index in [2.05, 4.69) is 0 Å². The van der Waals surface area contributed by atoms with E-state index in [0.29, 0.717) is 17.4 Å². The Morgan fingerprint density at radius 3 is 2.19 bits per heavy atom. The molecule has 1 aliphatic heterocycles. The van der Waals surface area contributed by atoms with Crippen LogP contribution >= 0.6 is 11.6 Å². The maximum Gasteiger partial charge on any atom is 0.243 e. The van der Waals surface area contributed by atoms with E-state index < -0.39 is 16.1 Å². The Hall–Kier alpha value is -1.69. The number of benzene rings is 2. The van der Waals surface area contributed by atoms with Gasteiger partial charge in [-0.25, -0.2) is 8.42 Å². The van der Waals surface area contributed by atoms with E-state index in [4.69, 9.17) is 11.6 Å². The normalized spacial score (nSPS) is 26.0. The molecule has 0 N–H and O–H groups in total. The molecular formula is C20H20ClNO3S. The van der Waals surface area contributed by atoms with Crippen molar-refractivity contribution >= 4 is 27.9 Å². The molecule has 0 radical (unpaired) electrons. The number of hydrogen-bond acceptors (Lipinski definition) is 3. The van der Waals surface area contributed by atoms with Gasteiger partial charge in [0.05, 0.1) is 10.9 Å². The first-order valence-corrected chi connectivity index (χ1v) is 10.7. The van der Waals surface area contributed by atoms with Gasteiger partial charge in [-0.15, -0.1) is 0 Å². The van der Waals surface area contributed by atoms with Crippen molar-refractivity contribution in [3.63, 3.8) is 0 Å². The Morgan fingerprint density at radius 2 is 1.58 bits per heavy atom. The molecule has 2 aliphatic rings. The second-order valence-electron chi connectivity index (χ2n) is 7.06. The number of carbonyl (C=O) groups is 1. The number of sulfonamides is 1. The van der Waals surface area contributed by atoms with Crippen LogP contribution in [0.3, 0.4) is 0 Å².